The maximum absolute atomic E-state index is 11.8. The highest BCUT2D eigenvalue weighted by Gasteiger charge is 2.16. The monoisotopic (exact) mass is 234 g/mol. The Morgan fingerprint density at radius 1 is 1.41 bits per heavy atom. The van der Waals surface area contributed by atoms with E-state index in [1.807, 2.05) is 0 Å². The van der Waals surface area contributed by atoms with Gasteiger partial charge in [0.2, 0.25) is 0 Å². The van der Waals surface area contributed by atoms with E-state index in [0.29, 0.717) is 5.56 Å². The SMILES string of the molecule is COc1ccc(C(=O)NCCC2CNC2)cc1. The van der Waals surface area contributed by atoms with Crippen molar-refractivity contribution in [1.82, 2.24) is 10.6 Å². The van der Waals surface area contributed by atoms with Crippen LogP contribution in [0, 0.1) is 5.92 Å². The van der Waals surface area contributed by atoms with E-state index >= 15 is 0 Å². The predicted molar refractivity (Wildman–Crippen MR) is 66.3 cm³/mol. The average Bonchev–Trinajstić information content (AvgIpc) is 2.32. The topological polar surface area (TPSA) is 50.4 Å². The average molecular weight is 234 g/mol. The second-order valence-corrected chi connectivity index (χ2v) is 4.30. The first-order chi connectivity index (χ1) is 8.29. The van der Waals surface area contributed by atoms with Crippen LogP contribution >= 0.6 is 0 Å². The van der Waals surface area contributed by atoms with E-state index in [0.717, 1.165) is 37.7 Å². The molecule has 1 aromatic carbocycles. The van der Waals surface area contributed by atoms with Gasteiger partial charge < -0.3 is 15.4 Å². The molecule has 1 fully saturated rings. The summed E-state index contributed by atoms with van der Waals surface area (Å²) in [7, 11) is 1.61. The molecular weight excluding hydrogens is 216 g/mol. The van der Waals surface area contributed by atoms with Crippen LogP contribution < -0.4 is 15.4 Å². The van der Waals surface area contributed by atoms with Gasteiger partial charge in [0.05, 0.1) is 7.11 Å². The highest BCUT2D eigenvalue weighted by Crippen LogP contribution is 2.11. The summed E-state index contributed by atoms with van der Waals surface area (Å²) >= 11 is 0. The molecule has 0 saturated carbocycles. The van der Waals surface area contributed by atoms with Crippen molar-refractivity contribution in [2.75, 3.05) is 26.7 Å². The lowest BCUT2D eigenvalue weighted by molar-refractivity contribution is 0.0950. The van der Waals surface area contributed by atoms with Gasteiger partial charge in [-0.05, 0) is 49.7 Å². The molecule has 1 heterocycles. The molecular formula is C13H18N2O2. The second-order valence-electron chi connectivity index (χ2n) is 4.30. The fraction of sp³-hybridized carbons (Fsp3) is 0.462. The van der Waals surface area contributed by atoms with Gasteiger partial charge in [0.25, 0.3) is 5.91 Å². The zero-order chi connectivity index (χ0) is 12.1. The Bertz CT molecular complexity index is 372. The summed E-state index contributed by atoms with van der Waals surface area (Å²) < 4.78 is 5.05. The van der Waals surface area contributed by atoms with Crippen molar-refractivity contribution in [3.8, 4) is 5.75 Å². The largest absolute Gasteiger partial charge is 0.497 e. The number of ether oxygens (including phenoxy) is 1. The molecule has 17 heavy (non-hydrogen) atoms. The maximum atomic E-state index is 11.8. The minimum atomic E-state index is -0.0139. The Hall–Kier alpha value is -1.55. The molecule has 92 valence electrons. The first-order valence-corrected chi connectivity index (χ1v) is 5.92. The minimum Gasteiger partial charge on any atom is -0.497 e. The molecule has 1 amide bonds. The van der Waals surface area contributed by atoms with E-state index in [-0.39, 0.29) is 5.91 Å². The number of amides is 1. The van der Waals surface area contributed by atoms with E-state index in [9.17, 15) is 4.79 Å². The van der Waals surface area contributed by atoms with E-state index in [4.69, 9.17) is 4.74 Å². The number of nitrogens with one attached hydrogen (secondary N) is 2. The fourth-order valence-corrected chi connectivity index (χ4v) is 1.79. The van der Waals surface area contributed by atoms with E-state index < -0.39 is 0 Å². The van der Waals surface area contributed by atoms with Crippen molar-refractivity contribution in [2.45, 2.75) is 6.42 Å². The van der Waals surface area contributed by atoms with Crippen LogP contribution in [0.25, 0.3) is 0 Å². The summed E-state index contributed by atoms with van der Waals surface area (Å²) in [4.78, 5) is 11.8. The van der Waals surface area contributed by atoms with Crippen LogP contribution in [0.4, 0.5) is 0 Å². The van der Waals surface area contributed by atoms with Gasteiger partial charge in [-0.1, -0.05) is 0 Å². The fourth-order valence-electron chi connectivity index (χ4n) is 1.79. The first kappa shape index (κ1) is 11.9. The Morgan fingerprint density at radius 2 is 2.12 bits per heavy atom. The van der Waals surface area contributed by atoms with Crippen molar-refractivity contribution in [3.05, 3.63) is 29.8 Å². The lowest BCUT2D eigenvalue weighted by atomic mass is 9.99. The second kappa shape index (κ2) is 5.68. The summed E-state index contributed by atoms with van der Waals surface area (Å²) in [5, 5.41) is 6.15. The highest BCUT2D eigenvalue weighted by atomic mass is 16.5. The van der Waals surface area contributed by atoms with Crippen LogP contribution in [0.5, 0.6) is 5.75 Å². The zero-order valence-corrected chi connectivity index (χ0v) is 10.0. The van der Waals surface area contributed by atoms with Gasteiger partial charge in [-0.2, -0.15) is 0 Å². The summed E-state index contributed by atoms with van der Waals surface area (Å²) in [6, 6.07) is 7.15. The molecule has 2 N–H and O–H groups in total. The first-order valence-electron chi connectivity index (χ1n) is 5.92. The molecule has 4 heteroatoms. The van der Waals surface area contributed by atoms with Gasteiger partial charge in [0.1, 0.15) is 5.75 Å². The van der Waals surface area contributed by atoms with Crippen LogP contribution in [-0.2, 0) is 0 Å². The molecule has 1 aliphatic rings. The van der Waals surface area contributed by atoms with Crippen molar-refractivity contribution >= 4 is 5.91 Å². The number of benzene rings is 1. The van der Waals surface area contributed by atoms with Crippen molar-refractivity contribution < 1.29 is 9.53 Å². The van der Waals surface area contributed by atoms with Crippen LogP contribution in [0.2, 0.25) is 0 Å². The van der Waals surface area contributed by atoms with Gasteiger partial charge >= 0.3 is 0 Å². The molecule has 1 aliphatic heterocycles. The number of rotatable bonds is 5. The highest BCUT2D eigenvalue weighted by molar-refractivity contribution is 5.94. The molecule has 0 spiro atoms. The third-order valence-corrected chi connectivity index (χ3v) is 3.06. The molecule has 1 saturated heterocycles. The molecule has 1 aromatic rings. The van der Waals surface area contributed by atoms with Crippen LogP contribution in [0.15, 0.2) is 24.3 Å². The molecule has 0 atom stereocenters. The van der Waals surface area contributed by atoms with E-state index in [1.165, 1.54) is 0 Å². The summed E-state index contributed by atoms with van der Waals surface area (Å²) in [5.74, 6) is 1.48. The third kappa shape index (κ3) is 3.20. The van der Waals surface area contributed by atoms with Crippen molar-refractivity contribution in [1.29, 1.82) is 0 Å². The molecule has 0 aliphatic carbocycles. The van der Waals surface area contributed by atoms with Gasteiger partial charge in [-0.25, -0.2) is 0 Å². The lowest BCUT2D eigenvalue weighted by Crippen LogP contribution is -2.43. The van der Waals surface area contributed by atoms with E-state index in [2.05, 4.69) is 10.6 Å². The number of methoxy groups -OCH3 is 1. The molecule has 0 radical (unpaired) electrons. The maximum Gasteiger partial charge on any atom is 0.251 e. The predicted octanol–water partition coefficient (Wildman–Crippen LogP) is 1.03. The normalized spacial score (nSPS) is 15.1. The van der Waals surface area contributed by atoms with Gasteiger partial charge in [-0.3, -0.25) is 4.79 Å². The third-order valence-electron chi connectivity index (χ3n) is 3.06. The van der Waals surface area contributed by atoms with Crippen LogP contribution in [0.1, 0.15) is 16.8 Å². The van der Waals surface area contributed by atoms with Crippen molar-refractivity contribution in [3.63, 3.8) is 0 Å². The Morgan fingerprint density at radius 3 is 2.65 bits per heavy atom. The van der Waals surface area contributed by atoms with Crippen molar-refractivity contribution in [2.24, 2.45) is 5.92 Å². The number of carbonyl (C=O) groups excluding carboxylic acids is 1. The van der Waals surface area contributed by atoms with Crippen LogP contribution in [-0.4, -0.2) is 32.7 Å². The molecule has 0 bridgehead atoms. The Labute approximate surface area is 101 Å². The molecule has 4 nitrogen and oxygen atoms in total. The Kier molecular flexibility index (Phi) is 3.98. The molecule has 2 rings (SSSR count). The number of hydrogen-bond acceptors (Lipinski definition) is 3. The Balaban J connectivity index is 1.77. The summed E-state index contributed by atoms with van der Waals surface area (Å²) in [6.07, 6.45) is 1.05. The summed E-state index contributed by atoms with van der Waals surface area (Å²) in [6.45, 7) is 2.91. The number of carbonyl (C=O) groups is 1. The molecule has 0 unspecified atom stereocenters. The van der Waals surface area contributed by atoms with Gasteiger partial charge in [0, 0.05) is 12.1 Å². The summed E-state index contributed by atoms with van der Waals surface area (Å²) in [5.41, 5.74) is 0.678. The van der Waals surface area contributed by atoms with Crippen LogP contribution in [0.3, 0.4) is 0 Å². The zero-order valence-electron chi connectivity index (χ0n) is 10.0. The minimum absolute atomic E-state index is 0.0139. The number of hydrogen-bond donors (Lipinski definition) is 2. The standard InChI is InChI=1S/C13H18N2O2/c1-17-12-4-2-11(3-5-12)13(16)15-7-6-10-8-14-9-10/h2-5,10,14H,6-9H2,1H3,(H,15,16). The molecule has 0 aromatic heterocycles. The smallest absolute Gasteiger partial charge is 0.251 e. The van der Waals surface area contributed by atoms with Gasteiger partial charge in [0.15, 0.2) is 0 Å². The quantitative estimate of drug-likeness (QED) is 0.800. The lowest BCUT2D eigenvalue weighted by Gasteiger charge is -2.26. The van der Waals surface area contributed by atoms with Gasteiger partial charge in [-0.15, -0.1) is 0 Å². The van der Waals surface area contributed by atoms with E-state index in [1.54, 1.807) is 31.4 Å².